The van der Waals surface area contributed by atoms with E-state index in [1.165, 1.54) is 0 Å². The van der Waals surface area contributed by atoms with Crippen LogP contribution in [0.3, 0.4) is 0 Å². The monoisotopic (exact) mass is 261 g/mol. The first-order valence-electron chi connectivity index (χ1n) is 2.14. The average Bonchev–Trinajstić information content (AvgIpc) is 2.19. The molecule has 0 saturated heterocycles. The van der Waals surface area contributed by atoms with E-state index in [9.17, 15) is 3.55 Å². The van der Waals surface area contributed by atoms with Crippen LogP contribution in [0.2, 0.25) is 0 Å². The molecule has 0 aliphatic carbocycles. The molecule has 0 aliphatic rings. The molecule has 0 heterocycles. The standard InChI is InChI=1S/5CN.FH.2Fe/c5*1-2;;;/h;;;;;1H;;/q;;;;;;-1;+2/p-1. The summed E-state index contributed by atoms with van der Waals surface area (Å²) in [5, 5.41) is 41.2. The van der Waals surface area contributed by atoms with E-state index in [0.717, 1.165) is 0 Å². The van der Waals surface area contributed by atoms with Crippen molar-refractivity contribution in [3.63, 3.8) is 0 Å². The molecule has 0 aromatic carbocycles. The van der Waals surface area contributed by atoms with E-state index in [4.69, 9.17) is 26.3 Å². The van der Waals surface area contributed by atoms with Crippen molar-refractivity contribution < 1.29 is 31.8 Å². The van der Waals surface area contributed by atoms with Gasteiger partial charge >= 0.3 is 83.0 Å². The van der Waals surface area contributed by atoms with Crippen LogP contribution < -0.4 is 0 Å². The molecule has 0 spiro atoms. The first-order valence-corrected chi connectivity index (χ1v) is 5.31. The van der Waals surface area contributed by atoms with Crippen molar-refractivity contribution in [1.29, 1.82) is 26.3 Å². The Kier molecular flexibility index (Phi) is 2.93. The van der Waals surface area contributed by atoms with Gasteiger partial charge in [0.1, 0.15) is 0 Å². The minimum Gasteiger partial charge on any atom is 2.00 e. The zero-order valence-corrected chi connectivity index (χ0v) is 8.03. The molecule has 0 aromatic rings. The third-order valence-corrected chi connectivity index (χ3v) is 3.88. The van der Waals surface area contributed by atoms with Gasteiger partial charge in [-0.25, -0.2) is 0 Å². The Morgan fingerprint density at radius 1 is 0.692 bits per heavy atom. The zero-order valence-electron chi connectivity index (χ0n) is 5.82. The molecule has 0 atom stereocenters. The first kappa shape index (κ1) is 14.0. The molecule has 0 fully saturated rings. The molecule has 0 bridgehead atoms. The Labute approximate surface area is 83.0 Å². The van der Waals surface area contributed by atoms with E-state index in [0.29, 0.717) is 24.8 Å². The van der Waals surface area contributed by atoms with E-state index < -0.39 is 11.2 Å². The zero-order chi connectivity index (χ0) is 9.94. The quantitative estimate of drug-likeness (QED) is 0.588. The smallest absolute Gasteiger partial charge is 2.00 e. The molecule has 8 heteroatoms. The number of rotatable bonds is 0. The van der Waals surface area contributed by atoms with Crippen molar-refractivity contribution in [3.05, 3.63) is 0 Å². The van der Waals surface area contributed by atoms with Gasteiger partial charge in [-0.3, -0.25) is 0 Å². The van der Waals surface area contributed by atoms with Crippen molar-refractivity contribution >= 4 is 0 Å². The molecule has 13 heavy (non-hydrogen) atoms. The Balaban J connectivity index is 0. The molecule has 0 aliphatic heterocycles. The average molecular weight is 261 g/mol. The van der Waals surface area contributed by atoms with E-state index in [1.54, 1.807) is 0 Å². The minimum atomic E-state index is -6.93. The molecule has 0 aromatic heterocycles. The predicted octanol–water partition coefficient (Wildman–Crippen LogP) is 0.499. The van der Waals surface area contributed by atoms with Crippen LogP contribution in [0.5, 0.6) is 0 Å². The fraction of sp³-hybridized carbons (Fsp3) is 0. The molecule has 68 valence electrons. The summed E-state index contributed by atoms with van der Waals surface area (Å²) in [7, 11) is 0. The number of hydrogen-bond donors (Lipinski definition) is 0. The van der Waals surface area contributed by atoms with Crippen molar-refractivity contribution in [2.45, 2.75) is 0 Å². The summed E-state index contributed by atoms with van der Waals surface area (Å²) in [5.74, 6) is 0. The first-order chi connectivity index (χ1) is 5.39. The van der Waals surface area contributed by atoms with E-state index in [2.05, 4.69) is 0 Å². The minimum absolute atomic E-state index is 0. The fourth-order valence-corrected chi connectivity index (χ4v) is 0.729. The van der Waals surface area contributed by atoms with Crippen molar-refractivity contribution in [2.75, 3.05) is 0 Å². The van der Waals surface area contributed by atoms with E-state index in [1.807, 2.05) is 0 Å². The number of nitrogens with zero attached hydrogens (tertiary/aromatic N) is 5. The van der Waals surface area contributed by atoms with Crippen LogP contribution in [-0.4, -0.2) is 0 Å². The second-order valence-corrected chi connectivity index (χ2v) is 6.65. The van der Waals surface area contributed by atoms with Gasteiger partial charge in [-0.05, 0) is 0 Å². The molecular weight excluding hydrogens is 261 g/mol. The molecule has 0 amide bonds. The Bertz CT molecular complexity index is 355. The number of nitriles is 5. The summed E-state index contributed by atoms with van der Waals surface area (Å²) in [6.45, 7) is 0. The van der Waals surface area contributed by atoms with Crippen LogP contribution in [-0.2, 0) is 28.3 Å². The van der Waals surface area contributed by atoms with Gasteiger partial charge in [-0.15, -0.1) is 0 Å². The van der Waals surface area contributed by atoms with Gasteiger partial charge in [-0.1, -0.05) is 0 Å². The van der Waals surface area contributed by atoms with Crippen LogP contribution >= 0.6 is 0 Å². The number of halogens is 1. The molecule has 0 unspecified atom stereocenters. The number of hydrogen-bond acceptors (Lipinski definition) is 5. The second kappa shape index (κ2) is 2.72. The maximum Gasteiger partial charge on any atom is 2.00 e. The molecule has 0 rings (SSSR count). The van der Waals surface area contributed by atoms with Crippen molar-refractivity contribution in [2.24, 2.45) is 0 Å². The molecule has 5 nitrogen and oxygen atoms in total. The molecule has 0 radical (unpaired) electrons. The third kappa shape index (κ3) is 1.35. The van der Waals surface area contributed by atoms with Gasteiger partial charge in [0.2, 0.25) is 0 Å². The summed E-state index contributed by atoms with van der Waals surface area (Å²) in [4.78, 5) is 3.19. The van der Waals surface area contributed by atoms with Crippen LogP contribution in [0.15, 0.2) is 0 Å². The summed E-state index contributed by atoms with van der Waals surface area (Å²) in [5.41, 5.74) is 0. The van der Waals surface area contributed by atoms with Crippen LogP contribution in [0.1, 0.15) is 0 Å². The van der Waals surface area contributed by atoms with Gasteiger partial charge < -0.3 is 0 Å². The normalized spacial score (nSPS) is 13.2. The summed E-state index contributed by atoms with van der Waals surface area (Å²) < 4.78 is 13.6. The van der Waals surface area contributed by atoms with Gasteiger partial charge in [-0.2, -0.15) is 0 Å². The summed E-state index contributed by atoms with van der Waals surface area (Å²) in [6.07, 6.45) is 0. The molecule has 0 N–H and O–H groups in total. The SMILES string of the molecule is N#[C][Fe-2]([F])([C]#N)([C]#N)([C]#N)[C]#N.[Fe+2]. The summed E-state index contributed by atoms with van der Waals surface area (Å²) >= 11 is -6.93. The maximum absolute atomic E-state index is 13.6. The fourth-order valence-electron chi connectivity index (χ4n) is 0.177. The largest absolute Gasteiger partial charge is 2.00 e. The topological polar surface area (TPSA) is 119 Å². The Morgan fingerprint density at radius 2 is 0.846 bits per heavy atom. The summed E-state index contributed by atoms with van der Waals surface area (Å²) in [6, 6.07) is 0. The third-order valence-electron chi connectivity index (χ3n) is 0.940. The van der Waals surface area contributed by atoms with Crippen molar-refractivity contribution in [1.82, 2.24) is 0 Å². The maximum atomic E-state index is 13.6. The van der Waals surface area contributed by atoms with Gasteiger partial charge in [0.05, 0.1) is 0 Å². The van der Waals surface area contributed by atoms with Crippen LogP contribution in [0.25, 0.3) is 0 Å². The second-order valence-electron chi connectivity index (χ2n) is 1.61. The predicted molar refractivity (Wildman–Crippen MR) is 29.2 cm³/mol. The Morgan fingerprint density at radius 3 is 0.846 bits per heavy atom. The van der Waals surface area contributed by atoms with Crippen LogP contribution in [0, 0.1) is 51.1 Å². The van der Waals surface area contributed by atoms with E-state index >= 15 is 0 Å². The van der Waals surface area contributed by atoms with Gasteiger partial charge in [0.25, 0.3) is 0 Å². The van der Waals surface area contributed by atoms with Gasteiger partial charge in [0.15, 0.2) is 0 Å². The molecular formula is C5FFe2N5. The van der Waals surface area contributed by atoms with Gasteiger partial charge in [0, 0.05) is 0 Å². The Hall–Kier alpha value is -1.58. The van der Waals surface area contributed by atoms with Crippen molar-refractivity contribution in [3.8, 4) is 24.8 Å². The van der Waals surface area contributed by atoms with E-state index in [-0.39, 0.29) is 17.1 Å². The molecule has 0 saturated carbocycles. The van der Waals surface area contributed by atoms with Crippen LogP contribution in [0.4, 0.5) is 3.55 Å².